The minimum absolute atomic E-state index is 0.197. The summed E-state index contributed by atoms with van der Waals surface area (Å²) in [6, 6.07) is 19.4. The van der Waals surface area contributed by atoms with Gasteiger partial charge in [-0.1, -0.05) is 36.4 Å². The number of hydrogen-bond donors (Lipinski definition) is 2. The first-order chi connectivity index (χ1) is 16.4. The van der Waals surface area contributed by atoms with Crippen molar-refractivity contribution >= 4 is 5.69 Å². The molecule has 0 aromatic heterocycles. The molecule has 180 valence electrons. The zero-order valence-electron chi connectivity index (χ0n) is 20.1. The topological polar surface area (TPSA) is 58.7 Å². The fourth-order valence-corrected chi connectivity index (χ4v) is 4.70. The van der Waals surface area contributed by atoms with Crippen LogP contribution in [0.1, 0.15) is 46.6 Å². The number of aryl methyl sites for hydroxylation is 2. The molecule has 1 saturated heterocycles. The first-order valence-corrected chi connectivity index (χ1v) is 12.1. The van der Waals surface area contributed by atoms with E-state index in [-0.39, 0.29) is 12.4 Å². The molecule has 4 rings (SSSR count). The lowest BCUT2D eigenvalue weighted by Crippen LogP contribution is -2.40. The molecule has 3 N–H and O–H groups in total. The molecule has 0 saturated carbocycles. The van der Waals surface area contributed by atoms with E-state index in [1.54, 1.807) is 0 Å². The molecule has 0 unspecified atom stereocenters. The third kappa shape index (κ3) is 6.37. The number of β-amino-alcohol motifs (C(OH)–C–C–N with tert-alkyl or cyclic N) is 1. The van der Waals surface area contributed by atoms with Gasteiger partial charge in [-0.3, -0.25) is 0 Å². The number of likely N-dealkylation sites (tertiary alicyclic amines) is 1. The van der Waals surface area contributed by atoms with E-state index in [1.807, 2.05) is 38.1 Å². The molecular formula is C29H35FN2O2. The molecule has 0 amide bonds. The van der Waals surface area contributed by atoms with Crippen molar-refractivity contribution in [3.05, 3.63) is 94.3 Å². The number of nitrogen functional groups attached to an aromatic ring is 1. The summed E-state index contributed by atoms with van der Waals surface area (Å²) < 4.78 is 19.0. The van der Waals surface area contributed by atoms with Crippen LogP contribution in [-0.2, 0) is 6.42 Å². The van der Waals surface area contributed by atoms with Gasteiger partial charge in [0, 0.05) is 12.2 Å². The van der Waals surface area contributed by atoms with Gasteiger partial charge in [-0.05, 0) is 104 Å². The maximum atomic E-state index is 13.1. The summed E-state index contributed by atoms with van der Waals surface area (Å²) in [5, 5.41) is 10.5. The van der Waals surface area contributed by atoms with Gasteiger partial charge < -0.3 is 20.5 Å². The number of rotatable bonds is 8. The van der Waals surface area contributed by atoms with E-state index in [9.17, 15) is 9.50 Å². The second-order valence-electron chi connectivity index (χ2n) is 9.56. The van der Waals surface area contributed by atoms with Gasteiger partial charge in [0.25, 0.3) is 0 Å². The smallest absolute Gasteiger partial charge is 0.123 e. The summed E-state index contributed by atoms with van der Waals surface area (Å²) in [7, 11) is 0. The summed E-state index contributed by atoms with van der Waals surface area (Å²) in [6.45, 7) is 6.77. The van der Waals surface area contributed by atoms with Crippen LogP contribution in [0.3, 0.4) is 0 Å². The SMILES string of the molecule is Cc1cc(OC[C@@H](O)CN2CCC(c3ccc(Cc4ccc(F)cc4)cc3)CC2)c(C)cc1N. The zero-order valence-corrected chi connectivity index (χ0v) is 20.1. The van der Waals surface area contributed by atoms with Gasteiger partial charge in [-0.2, -0.15) is 0 Å². The van der Waals surface area contributed by atoms with Crippen molar-refractivity contribution in [3.8, 4) is 5.75 Å². The molecule has 0 spiro atoms. The minimum atomic E-state index is -0.528. The van der Waals surface area contributed by atoms with Crippen molar-refractivity contribution in [3.63, 3.8) is 0 Å². The number of halogens is 1. The Bertz CT molecular complexity index is 1070. The number of nitrogens with two attached hydrogens (primary N) is 1. The number of piperidine rings is 1. The molecule has 1 aliphatic heterocycles. The highest BCUT2D eigenvalue weighted by molar-refractivity contribution is 5.53. The first kappa shape index (κ1) is 24.2. The van der Waals surface area contributed by atoms with Crippen LogP contribution in [0.5, 0.6) is 5.75 Å². The van der Waals surface area contributed by atoms with Crippen molar-refractivity contribution in [2.75, 3.05) is 32.0 Å². The summed E-state index contributed by atoms with van der Waals surface area (Å²) in [6.07, 6.45) is 2.45. The molecule has 4 nitrogen and oxygen atoms in total. The van der Waals surface area contributed by atoms with Crippen molar-refractivity contribution < 1.29 is 14.2 Å². The normalized spacial score (nSPS) is 15.9. The van der Waals surface area contributed by atoms with Crippen LogP contribution in [0.4, 0.5) is 10.1 Å². The summed E-state index contributed by atoms with van der Waals surface area (Å²) in [5.41, 5.74) is 12.4. The van der Waals surface area contributed by atoms with E-state index < -0.39 is 6.10 Å². The number of nitrogens with zero attached hydrogens (tertiary/aromatic N) is 1. The number of ether oxygens (including phenoxy) is 1. The van der Waals surface area contributed by atoms with Gasteiger partial charge in [0.2, 0.25) is 0 Å². The summed E-state index contributed by atoms with van der Waals surface area (Å²) in [5.74, 6) is 1.13. The van der Waals surface area contributed by atoms with Gasteiger partial charge >= 0.3 is 0 Å². The van der Waals surface area contributed by atoms with Crippen molar-refractivity contribution in [2.24, 2.45) is 0 Å². The van der Waals surface area contributed by atoms with Crippen LogP contribution < -0.4 is 10.5 Å². The predicted molar refractivity (Wildman–Crippen MR) is 136 cm³/mol. The number of hydrogen-bond acceptors (Lipinski definition) is 4. The molecule has 5 heteroatoms. The fourth-order valence-electron chi connectivity index (χ4n) is 4.70. The molecule has 1 fully saturated rings. The molecule has 1 atom stereocenters. The third-order valence-electron chi connectivity index (χ3n) is 6.82. The average molecular weight is 463 g/mol. The number of benzene rings is 3. The Labute approximate surface area is 202 Å². The molecule has 0 radical (unpaired) electrons. The van der Waals surface area contributed by atoms with Crippen LogP contribution in [0.25, 0.3) is 0 Å². The van der Waals surface area contributed by atoms with Crippen LogP contribution >= 0.6 is 0 Å². The van der Waals surface area contributed by atoms with Crippen molar-refractivity contribution in [1.82, 2.24) is 4.90 Å². The quantitative estimate of drug-likeness (QED) is 0.450. The Hall–Kier alpha value is -2.89. The van der Waals surface area contributed by atoms with Crippen LogP contribution in [0.15, 0.2) is 60.7 Å². The maximum absolute atomic E-state index is 13.1. The maximum Gasteiger partial charge on any atom is 0.123 e. The highest BCUT2D eigenvalue weighted by atomic mass is 19.1. The van der Waals surface area contributed by atoms with Gasteiger partial charge in [0.1, 0.15) is 24.3 Å². The van der Waals surface area contributed by atoms with Gasteiger partial charge in [0.05, 0.1) is 0 Å². The molecular weight excluding hydrogens is 427 g/mol. The Morgan fingerprint density at radius 3 is 2.24 bits per heavy atom. The highest BCUT2D eigenvalue weighted by Gasteiger charge is 2.22. The van der Waals surface area contributed by atoms with E-state index >= 15 is 0 Å². The monoisotopic (exact) mass is 462 g/mol. The zero-order chi connectivity index (χ0) is 24.1. The summed E-state index contributed by atoms with van der Waals surface area (Å²) in [4.78, 5) is 2.33. The second-order valence-corrected chi connectivity index (χ2v) is 9.56. The van der Waals surface area contributed by atoms with Crippen LogP contribution in [0, 0.1) is 19.7 Å². The lowest BCUT2D eigenvalue weighted by Gasteiger charge is -2.33. The molecule has 3 aromatic carbocycles. The lowest BCUT2D eigenvalue weighted by molar-refractivity contribution is 0.0592. The van der Waals surface area contributed by atoms with E-state index in [0.717, 1.165) is 60.5 Å². The van der Waals surface area contributed by atoms with Crippen molar-refractivity contribution in [1.29, 1.82) is 0 Å². The number of aliphatic hydroxyl groups is 1. The minimum Gasteiger partial charge on any atom is -0.491 e. The van der Waals surface area contributed by atoms with E-state index in [0.29, 0.717) is 12.5 Å². The Balaban J connectivity index is 1.22. The number of anilines is 1. The standard InChI is InChI=1S/C29H35FN2O2/c1-20-16-29(21(2)15-28(20)31)34-19-27(33)18-32-13-11-25(12-14-32)24-7-3-22(4-8-24)17-23-5-9-26(30)10-6-23/h3-10,15-16,25,27,33H,11-14,17-19,31H2,1-2H3/t27-/m0/s1. The average Bonchev–Trinajstić information content (AvgIpc) is 2.83. The third-order valence-corrected chi connectivity index (χ3v) is 6.82. The highest BCUT2D eigenvalue weighted by Crippen LogP contribution is 2.29. The largest absolute Gasteiger partial charge is 0.491 e. The molecule has 0 bridgehead atoms. The van der Waals surface area contributed by atoms with Gasteiger partial charge in [0.15, 0.2) is 0 Å². The van der Waals surface area contributed by atoms with Gasteiger partial charge in [-0.15, -0.1) is 0 Å². The second kappa shape index (κ2) is 11.0. The first-order valence-electron chi connectivity index (χ1n) is 12.1. The molecule has 3 aromatic rings. The Morgan fingerprint density at radius 2 is 1.59 bits per heavy atom. The van der Waals surface area contributed by atoms with Crippen molar-refractivity contribution in [2.45, 2.75) is 45.1 Å². The van der Waals surface area contributed by atoms with E-state index in [4.69, 9.17) is 10.5 Å². The molecule has 34 heavy (non-hydrogen) atoms. The Morgan fingerprint density at radius 1 is 0.971 bits per heavy atom. The van der Waals surface area contributed by atoms with Crippen LogP contribution in [0.2, 0.25) is 0 Å². The van der Waals surface area contributed by atoms with E-state index in [1.165, 1.54) is 23.3 Å². The lowest BCUT2D eigenvalue weighted by atomic mass is 9.88. The number of aliphatic hydroxyl groups excluding tert-OH is 1. The Kier molecular flexibility index (Phi) is 7.86. The molecule has 1 heterocycles. The predicted octanol–water partition coefficient (Wildman–Crippen LogP) is 5.23. The molecule has 1 aliphatic rings. The van der Waals surface area contributed by atoms with Crippen LogP contribution in [-0.4, -0.2) is 42.4 Å². The van der Waals surface area contributed by atoms with E-state index in [2.05, 4.69) is 29.2 Å². The summed E-state index contributed by atoms with van der Waals surface area (Å²) >= 11 is 0. The fraction of sp³-hybridized carbons (Fsp3) is 0.379. The van der Waals surface area contributed by atoms with Gasteiger partial charge in [-0.25, -0.2) is 4.39 Å². The molecule has 0 aliphatic carbocycles.